The minimum Gasteiger partial charge on any atom is -0.393 e. The van der Waals surface area contributed by atoms with Crippen LogP contribution in [0.25, 0.3) is 0 Å². The highest BCUT2D eigenvalue weighted by atomic mass is 16.3. The lowest BCUT2D eigenvalue weighted by Gasteiger charge is -2.60. The first kappa shape index (κ1) is 21.5. The molecule has 0 saturated heterocycles. The molecule has 0 bridgehead atoms. The van der Waals surface area contributed by atoms with Crippen LogP contribution < -0.4 is 0 Å². The molecule has 0 amide bonds. The van der Waals surface area contributed by atoms with Crippen LogP contribution in [0.15, 0.2) is 12.2 Å². The highest BCUT2D eigenvalue weighted by molar-refractivity contribution is 5.36. The number of nitrogens with zero attached hydrogens (tertiary/aromatic N) is 2. The number of allylic oxidation sites excluding steroid dienone is 2. The van der Waals surface area contributed by atoms with E-state index in [1.807, 2.05) is 0 Å². The molecule has 0 aliphatic heterocycles. The molecule has 30 heavy (non-hydrogen) atoms. The monoisotopic (exact) mass is 414 g/mol. The van der Waals surface area contributed by atoms with Gasteiger partial charge < -0.3 is 14.9 Å². The molecule has 170 valence electrons. The maximum atomic E-state index is 11.4. The Morgan fingerprint density at radius 1 is 0.967 bits per heavy atom. The van der Waals surface area contributed by atoms with Crippen molar-refractivity contribution in [2.45, 2.75) is 84.4 Å². The summed E-state index contributed by atoms with van der Waals surface area (Å²) in [6.07, 6.45) is 13.1. The Bertz CT molecular complexity index is 747. The van der Waals surface area contributed by atoms with Crippen molar-refractivity contribution >= 4 is 0 Å². The topological polar surface area (TPSA) is 26.7 Å². The van der Waals surface area contributed by atoms with E-state index in [4.69, 9.17) is 0 Å². The Morgan fingerprint density at radius 3 is 2.30 bits per heavy atom. The molecule has 3 nitrogen and oxygen atoms in total. The predicted octanol–water partition coefficient (Wildman–Crippen LogP) is 4.66. The van der Waals surface area contributed by atoms with Gasteiger partial charge in [-0.3, -0.25) is 0 Å². The van der Waals surface area contributed by atoms with Crippen LogP contribution in [0.4, 0.5) is 0 Å². The highest BCUT2D eigenvalue weighted by Gasteiger charge is 2.81. The smallest absolute Gasteiger partial charge is 0.0594 e. The first-order chi connectivity index (χ1) is 14.0. The minimum absolute atomic E-state index is 0.170. The van der Waals surface area contributed by atoms with Crippen molar-refractivity contribution in [2.24, 2.45) is 45.3 Å². The maximum absolute atomic E-state index is 11.4. The van der Waals surface area contributed by atoms with Crippen molar-refractivity contribution in [1.82, 2.24) is 9.80 Å². The molecule has 4 saturated carbocycles. The number of hydrogen-bond acceptors (Lipinski definition) is 3. The van der Waals surface area contributed by atoms with E-state index in [-0.39, 0.29) is 16.9 Å². The molecule has 0 aromatic heterocycles. The summed E-state index contributed by atoms with van der Waals surface area (Å²) in [7, 11) is 8.92. The third kappa shape index (κ3) is 2.28. The van der Waals surface area contributed by atoms with Crippen LogP contribution in [0.2, 0.25) is 0 Å². The van der Waals surface area contributed by atoms with Gasteiger partial charge in [0, 0.05) is 18.0 Å². The Morgan fingerprint density at radius 2 is 1.67 bits per heavy atom. The zero-order valence-corrected chi connectivity index (χ0v) is 20.8. The van der Waals surface area contributed by atoms with Crippen molar-refractivity contribution in [3.05, 3.63) is 12.2 Å². The van der Waals surface area contributed by atoms with Gasteiger partial charge in [-0.15, -0.1) is 0 Å². The Labute approximate surface area is 185 Å². The molecule has 5 rings (SSSR count). The van der Waals surface area contributed by atoms with Gasteiger partial charge in [-0.2, -0.15) is 0 Å². The van der Waals surface area contributed by atoms with Gasteiger partial charge in [0.15, 0.2) is 0 Å². The fraction of sp³-hybridized carbons (Fsp3) is 0.926. The highest BCUT2D eigenvalue weighted by Crippen LogP contribution is 2.86. The van der Waals surface area contributed by atoms with E-state index in [1.165, 1.54) is 32.1 Å². The van der Waals surface area contributed by atoms with Gasteiger partial charge in [0.05, 0.1) is 6.10 Å². The van der Waals surface area contributed by atoms with Gasteiger partial charge in [-0.1, -0.05) is 32.9 Å². The summed E-state index contributed by atoms with van der Waals surface area (Å²) < 4.78 is 0. The summed E-state index contributed by atoms with van der Waals surface area (Å²) in [5, 5.41) is 11.4. The maximum Gasteiger partial charge on any atom is 0.0594 e. The third-order valence-electron chi connectivity index (χ3n) is 12.2. The average molecular weight is 415 g/mol. The van der Waals surface area contributed by atoms with Crippen LogP contribution in [-0.2, 0) is 0 Å². The fourth-order valence-electron chi connectivity index (χ4n) is 10.3. The summed E-state index contributed by atoms with van der Waals surface area (Å²) in [6.45, 7) is 9.97. The van der Waals surface area contributed by atoms with Crippen LogP contribution >= 0.6 is 0 Å². The summed E-state index contributed by atoms with van der Waals surface area (Å²) >= 11 is 0. The summed E-state index contributed by atoms with van der Waals surface area (Å²) in [6, 6.07) is 1.15. The average Bonchev–Trinajstić information content (AvgIpc) is 3.26. The summed E-state index contributed by atoms with van der Waals surface area (Å²) in [5.74, 6) is 2.53. The van der Waals surface area contributed by atoms with E-state index in [1.54, 1.807) is 0 Å². The number of rotatable bonds is 3. The molecule has 5 aliphatic carbocycles. The van der Waals surface area contributed by atoms with E-state index in [0.717, 1.165) is 24.3 Å². The van der Waals surface area contributed by atoms with Crippen molar-refractivity contribution in [3.63, 3.8) is 0 Å². The second kappa shape index (κ2) is 6.35. The SMILES string of the molecule is C[C@H]1[C@H]2C=C[C@@H]3[C@]4(CC[C@]5(C)[C@@H]([C@H](C)N(C)C)[C@H](O)C[C@@]35C)C[C@]24CC[C@@H]1N(C)C. The number of fused-ring (bicyclic) bond motifs is 2. The zero-order chi connectivity index (χ0) is 21.9. The Kier molecular flexibility index (Phi) is 4.55. The summed E-state index contributed by atoms with van der Waals surface area (Å²) in [4.78, 5) is 4.82. The van der Waals surface area contributed by atoms with E-state index in [2.05, 4.69) is 77.8 Å². The van der Waals surface area contributed by atoms with E-state index >= 15 is 0 Å². The van der Waals surface area contributed by atoms with Gasteiger partial charge in [0.25, 0.3) is 0 Å². The standard InChI is InChI=1S/C27H46N2O/c1-17-19-9-10-22-25(4)15-21(30)23(18(2)28(5)6)24(25,3)13-14-27(22)16-26(19,27)12-11-20(17)29(7)8/h9-10,17-23,30H,11-16H2,1-8H3/t17-,18-,19+,20-,21+,22-,23-,24+,25-,26+,27-/m0/s1. The first-order valence-electron chi connectivity index (χ1n) is 12.6. The fourth-order valence-corrected chi connectivity index (χ4v) is 10.3. The quantitative estimate of drug-likeness (QED) is 0.680. The predicted molar refractivity (Wildman–Crippen MR) is 124 cm³/mol. The van der Waals surface area contributed by atoms with E-state index < -0.39 is 0 Å². The molecule has 1 N–H and O–H groups in total. The molecule has 3 heteroatoms. The molecule has 0 aromatic carbocycles. The number of aliphatic hydroxyl groups is 1. The van der Waals surface area contributed by atoms with Gasteiger partial charge in [0.2, 0.25) is 0 Å². The van der Waals surface area contributed by atoms with Crippen LogP contribution in [0.3, 0.4) is 0 Å². The van der Waals surface area contributed by atoms with Crippen molar-refractivity contribution < 1.29 is 5.11 Å². The first-order valence-corrected chi connectivity index (χ1v) is 12.6. The molecule has 5 aliphatic rings. The number of aliphatic hydroxyl groups excluding tert-OH is 1. The van der Waals surface area contributed by atoms with Crippen molar-refractivity contribution in [1.29, 1.82) is 0 Å². The second-order valence-corrected chi connectivity index (χ2v) is 13.1. The third-order valence-corrected chi connectivity index (χ3v) is 12.2. The summed E-state index contributed by atoms with van der Waals surface area (Å²) in [5.41, 5.74) is 1.51. The van der Waals surface area contributed by atoms with Crippen LogP contribution in [0.1, 0.15) is 66.2 Å². The van der Waals surface area contributed by atoms with Gasteiger partial charge in [0.1, 0.15) is 0 Å². The Hall–Kier alpha value is -0.380. The van der Waals surface area contributed by atoms with Crippen LogP contribution in [0, 0.1) is 45.3 Å². The van der Waals surface area contributed by atoms with E-state index in [0.29, 0.717) is 28.7 Å². The molecule has 2 spiro atoms. The lowest BCUT2D eigenvalue weighted by Crippen LogP contribution is -2.56. The number of hydrogen-bond donors (Lipinski definition) is 1. The second-order valence-electron chi connectivity index (χ2n) is 13.1. The van der Waals surface area contributed by atoms with Crippen molar-refractivity contribution in [2.75, 3.05) is 28.2 Å². The molecule has 0 aromatic rings. The molecule has 4 fully saturated rings. The van der Waals surface area contributed by atoms with E-state index in [9.17, 15) is 5.11 Å². The normalized spacial score (nSPS) is 57.6. The minimum atomic E-state index is -0.170. The molecule has 0 radical (unpaired) electrons. The molecule has 0 unspecified atom stereocenters. The Balaban J connectivity index is 1.53. The van der Waals surface area contributed by atoms with Crippen LogP contribution in [0.5, 0.6) is 0 Å². The van der Waals surface area contributed by atoms with Gasteiger partial charge in [-0.25, -0.2) is 0 Å². The lowest BCUT2D eigenvalue weighted by atomic mass is 9.44. The molecule has 11 atom stereocenters. The lowest BCUT2D eigenvalue weighted by molar-refractivity contribution is -0.0996. The zero-order valence-electron chi connectivity index (χ0n) is 20.8. The molecule has 0 heterocycles. The van der Waals surface area contributed by atoms with Gasteiger partial charge >= 0.3 is 0 Å². The van der Waals surface area contributed by atoms with Crippen LogP contribution in [-0.4, -0.2) is 61.3 Å². The molecular weight excluding hydrogens is 368 g/mol. The molecular formula is C27H46N2O. The largest absolute Gasteiger partial charge is 0.393 e. The van der Waals surface area contributed by atoms with Crippen molar-refractivity contribution in [3.8, 4) is 0 Å². The van der Waals surface area contributed by atoms with Gasteiger partial charge in [-0.05, 0) is 113 Å².